The van der Waals surface area contributed by atoms with E-state index < -0.39 is 0 Å². The summed E-state index contributed by atoms with van der Waals surface area (Å²) in [7, 11) is 3.49. The van der Waals surface area contributed by atoms with Crippen molar-refractivity contribution in [3.63, 3.8) is 0 Å². The van der Waals surface area contributed by atoms with Crippen LogP contribution in [0.2, 0.25) is 10.0 Å². The van der Waals surface area contributed by atoms with Crippen LogP contribution in [0.15, 0.2) is 60.7 Å². The van der Waals surface area contributed by atoms with E-state index in [2.05, 4.69) is 38.6 Å². The molecule has 1 heterocycles. The molecule has 0 bridgehead atoms. The minimum absolute atomic E-state index is 0.0186. The average molecular weight is 611 g/mol. The van der Waals surface area contributed by atoms with E-state index in [9.17, 15) is 9.59 Å². The van der Waals surface area contributed by atoms with Gasteiger partial charge in [-0.15, -0.1) is 0 Å². The third-order valence-electron chi connectivity index (χ3n) is 7.89. The average Bonchev–Trinajstić information content (AvgIpc) is 2.98. The predicted octanol–water partition coefficient (Wildman–Crippen LogP) is 6.11. The molecule has 2 N–H and O–H groups in total. The highest BCUT2D eigenvalue weighted by Crippen LogP contribution is 2.30. The number of nitrogens with one attached hydrogen (secondary N) is 2. The van der Waals surface area contributed by atoms with Crippen LogP contribution < -0.4 is 15.5 Å². The lowest BCUT2D eigenvalue weighted by Crippen LogP contribution is -2.47. The number of rotatable bonds is 10. The summed E-state index contributed by atoms with van der Waals surface area (Å²) in [6.07, 6.45) is 0.884. The number of hydrogen-bond donors (Lipinski definition) is 2. The van der Waals surface area contributed by atoms with Gasteiger partial charge in [0.1, 0.15) is 0 Å². The molecule has 1 atom stereocenters. The molecule has 0 aromatic heterocycles. The smallest absolute Gasteiger partial charge is 0.314 e. The summed E-state index contributed by atoms with van der Waals surface area (Å²) in [6, 6.07) is 19.8. The van der Waals surface area contributed by atoms with Crippen molar-refractivity contribution in [2.24, 2.45) is 0 Å². The lowest BCUT2D eigenvalue weighted by molar-refractivity contribution is 0.0782. The molecule has 1 fully saturated rings. The van der Waals surface area contributed by atoms with Gasteiger partial charge in [-0.05, 0) is 68.3 Å². The van der Waals surface area contributed by atoms with Gasteiger partial charge in [0.05, 0.1) is 10.0 Å². The maximum Gasteiger partial charge on any atom is 0.314 e. The Bertz CT molecular complexity index is 1370. The first-order chi connectivity index (χ1) is 20.1. The van der Waals surface area contributed by atoms with Gasteiger partial charge in [0.25, 0.3) is 5.91 Å². The molecule has 42 heavy (non-hydrogen) atoms. The summed E-state index contributed by atoms with van der Waals surface area (Å²) in [5, 5.41) is 6.56. The van der Waals surface area contributed by atoms with E-state index in [-0.39, 0.29) is 17.9 Å². The fourth-order valence-corrected chi connectivity index (χ4v) is 5.95. The molecule has 3 aromatic rings. The van der Waals surface area contributed by atoms with Gasteiger partial charge in [-0.1, -0.05) is 64.7 Å². The summed E-state index contributed by atoms with van der Waals surface area (Å²) in [4.78, 5) is 31.8. The molecule has 3 amide bonds. The molecule has 0 unspecified atom stereocenters. The normalized spacial score (nSPS) is 14.4. The van der Waals surface area contributed by atoms with Crippen LogP contribution in [0.1, 0.15) is 45.0 Å². The van der Waals surface area contributed by atoms with Crippen molar-refractivity contribution in [2.75, 3.05) is 58.3 Å². The first-order valence-electron chi connectivity index (χ1n) is 14.4. The lowest BCUT2D eigenvalue weighted by Gasteiger charge is -2.37. The van der Waals surface area contributed by atoms with Crippen molar-refractivity contribution in [3.8, 4) is 0 Å². The second-order valence-corrected chi connectivity index (χ2v) is 11.9. The van der Waals surface area contributed by atoms with Crippen molar-refractivity contribution in [2.45, 2.75) is 32.7 Å². The lowest BCUT2D eigenvalue weighted by atomic mass is 9.94. The zero-order chi connectivity index (χ0) is 30.2. The fourth-order valence-electron chi connectivity index (χ4n) is 5.65. The van der Waals surface area contributed by atoms with Gasteiger partial charge >= 0.3 is 6.03 Å². The SMILES string of the molecule is CNC(=O)NCc1ccccc1N1CCN(CC[C@H](CN(C)C(=O)c2cc(C)cc(C)c2)c2ccc(Cl)c(Cl)c2)CC1. The van der Waals surface area contributed by atoms with Crippen molar-refractivity contribution in [1.82, 2.24) is 20.4 Å². The molecule has 0 spiro atoms. The van der Waals surface area contributed by atoms with Crippen LogP contribution in [0, 0.1) is 13.8 Å². The predicted molar refractivity (Wildman–Crippen MR) is 173 cm³/mol. The maximum absolute atomic E-state index is 13.4. The van der Waals surface area contributed by atoms with Crippen molar-refractivity contribution >= 4 is 40.8 Å². The first-order valence-corrected chi connectivity index (χ1v) is 15.2. The van der Waals surface area contributed by atoms with Gasteiger partial charge in [0.2, 0.25) is 0 Å². The summed E-state index contributed by atoms with van der Waals surface area (Å²) < 4.78 is 0. The van der Waals surface area contributed by atoms with Crippen LogP contribution in [0.4, 0.5) is 10.5 Å². The van der Waals surface area contributed by atoms with Crippen LogP contribution in [-0.4, -0.2) is 75.1 Å². The Hall–Kier alpha value is -3.26. The van der Waals surface area contributed by atoms with Crippen LogP contribution in [-0.2, 0) is 6.54 Å². The highest BCUT2D eigenvalue weighted by atomic mass is 35.5. The van der Waals surface area contributed by atoms with E-state index >= 15 is 0 Å². The van der Waals surface area contributed by atoms with E-state index in [0.717, 1.165) is 67.1 Å². The number of urea groups is 1. The molecule has 1 aliphatic heterocycles. The number of carbonyl (C=O) groups is 2. The molecule has 1 aliphatic rings. The fraction of sp³-hybridized carbons (Fsp3) is 0.394. The Morgan fingerprint density at radius 2 is 1.62 bits per heavy atom. The number of para-hydroxylation sites is 1. The summed E-state index contributed by atoms with van der Waals surface area (Å²) in [5.74, 6) is 0.124. The number of halogens is 2. The second-order valence-electron chi connectivity index (χ2n) is 11.1. The van der Waals surface area contributed by atoms with Gasteiger partial charge in [0.15, 0.2) is 0 Å². The molecular weight excluding hydrogens is 569 g/mol. The van der Waals surface area contributed by atoms with Gasteiger partial charge < -0.3 is 20.4 Å². The summed E-state index contributed by atoms with van der Waals surface area (Å²) in [6.45, 7) is 9.67. The molecular formula is C33H41Cl2N5O2. The molecule has 0 aliphatic carbocycles. The molecule has 0 radical (unpaired) electrons. The van der Waals surface area contributed by atoms with Crippen molar-refractivity contribution in [1.29, 1.82) is 0 Å². The molecule has 9 heteroatoms. The van der Waals surface area contributed by atoms with Gasteiger partial charge in [-0.2, -0.15) is 0 Å². The number of benzene rings is 3. The third-order valence-corrected chi connectivity index (χ3v) is 8.63. The number of carbonyl (C=O) groups excluding carboxylic acids is 2. The number of likely N-dealkylation sites (N-methyl/N-ethyl adjacent to an activating group) is 1. The van der Waals surface area contributed by atoms with E-state index in [4.69, 9.17) is 23.2 Å². The number of hydrogen-bond acceptors (Lipinski definition) is 4. The number of anilines is 1. The number of amides is 3. The molecule has 1 saturated heterocycles. The Morgan fingerprint density at radius 1 is 0.929 bits per heavy atom. The summed E-state index contributed by atoms with van der Waals surface area (Å²) in [5.41, 5.74) is 6.22. The quantitative estimate of drug-likeness (QED) is 0.291. The van der Waals surface area contributed by atoms with E-state index in [1.165, 1.54) is 0 Å². The van der Waals surface area contributed by atoms with E-state index in [1.54, 1.807) is 7.05 Å². The number of nitrogens with zero attached hydrogens (tertiary/aromatic N) is 3. The van der Waals surface area contributed by atoms with Gasteiger partial charge in [-0.25, -0.2) is 4.79 Å². The van der Waals surface area contributed by atoms with Crippen molar-refractivity contribution < 1.29 is 9.59 Å². The van der Waals surface area contributed by atoms with E-state index in [0.29, 0.717) is 28.7 Å². The monoisotopic (exact) mass is 609 g/mol. The number of piperazine rings is 1. The topological polar surface area (TPSA) is 67.9 Å². The molecule has 4 rings (SSSR count). The molecule has 0 saturated carbocycles. The van der Waals surface area contributed by atoms with Crippen LogP contribution >= 0.6 is 23.2 Å². The van der Waals surface area contributed by atoms with Crippen molar-refractivity contribution in [3.05, 3.63) is 98.5 Å². The highest BCUT2D eigenvalue weighted by Gasteiger charge is 2.23. The zero-order valence-electron chi connectivity index (χ0n) is 24.9. The molecule has 224 valence electrons. The van der Waals surface area contributed by atoms with Gasteiger partial charge in [0, 0.05) is 70.5 Å². The first kappa shape index (κ1) is 31.7. The largest absolute Gasteiger partial charge is 0.369 e. The highest BCUT2D eigenvalue weighted by molar-refractivity contribution is 6.42. The maximum atomic E-state index is 13.4. The minimum atomic E-state index is -0.188. The van der Waals surface area contributed by atoms with Gasteiger partial charge in [-0.3, -0.25) is 9.69 Å². The molecule has 3 aromatic carbocycles. The minimum Gasteiger partial charge on any atom is -0.369 e. The Kier molecular flexibility index (Phi) is 11.1. The Labute approximate surface area is 259 Å². The van der Waals surface area contributed by atoms with E-state index in [1.807, 2.05) is 68.3 Å². The zero-order valence-corrected chi connectivity index (χ0v) is 26.4. The second kappa shape index (κ2) is 14.8. The molecule has 7 nitrogen and oxygen atoms in total. The van der Waals surface area contributed by atoms with Crippen LogP contribution in [0.3, 0.4) is 0 Å². The summed E-state index contributed by atoms with van der Waals surface area (Å²) >= 11 is 12.7. The standard InChI is InChI=1S/C33H41Cl2N5O2/c1-23-17-24(2)19-28(18-23)32(41)38(4)22-27(25-9-10-29(34)30(35)20-25)11-12-39-13-15-40(16-14-39)31-8-6-5-7-26(31)21-37-33(42)36-3/h5-10,17-20,27H,11-16,21-22H2,1-4H3,(H2,36,37,42)/t27-/m1/s1. The number of aryl methyl sites for hydroxylation is 2. The van der Waals surface area contributed by atoms with Crippen LogP contribution in [0.25, 0.3) is 0 Å². The third kappa shape index (κ3) is 8.40. The van der Waals surface area contributed by atoms with Crippen LogP contribution in [0.5, 0.6) is 0 Å². The Balaban J connectivity index is 1.40. The Morgan fingerprint density at radius 3 is 2.29 bits per heavy atom.